The van der Waals surface area contributed by atoms with Gasteiger partial charge >= 0.3 is 5.97 Å². The Hall–Kier alpha value is -0.280. The molecule has 0 saturated heterocycles. The Kier molecular flexibility index (Phi) is 7.27. The van der Waals surface area contributed by atoms with Crippen LogP contribution in [0.5, 0.6) is 0 Å². The number of hydrogen-bond donors (Lipinski definition) is 1. The van der Waals surface area contributed by atoms with E-state index in [4.69, 9.17) is 10.5 Å². The molecule has 80 valence electrons. The van der Waals surface area contributed by atoms with Crippen molar-refractivity contribution in [2.75, 3.05) is 6.61 Å². The summed E-state index contributed by atoms with van der Waals surface area (Å²) in [7, 11) is 0. The van der Waals surface area contributed by atoms with Crippen molar-refractivity contribution < 1.29 is 9.53 Å². The summed E-state index contributed by atoms with van der Waals surface area (Å²) in [4.78, 5) is 11.3. The van der Waals surface area contributed by atoms with E-state index in [9.17, 15) is 4.79 Å². The highest BCUT2D eigenvalue weighted by Gasteiger charge is 2.30. The van der Waals surface area contributed by atoms with Gasteiger partial charge in [0.15, 0.2) is 0 Å². The van der Waals surface area contributed by atoms with Crippen LogP contribution in [0.15, 0.2) is 0 Å². The predicted molar refractivity (Wildman–Crippen MR) is 55.9 cm³/mol. The van der Waals surface area contributed by atoms with E-state index in [1.54, 1.807) is 13.8 Å². The number of carbonyl (C=O) groups is 1. The van der Waals surface area contributed by atoms with Crippen molar-refractivity contribution in [3.8, 4) is 0 Å². The Balaban J connectivity index is 0. The molecule has 1 atom stereocenters. The van der Waals surface area contributed by atoms with Crippen molar-refractivity contribution in [2.45, 2.75) is 39.7 Å². The number of ether oxygens (including phenoxy) is 1. The van der Waals surface area contributed by atoms with E-state index in [0.29, 0.717) is 18.9 Å². The molecule has 0 bridgehead atoms. The second-order valence-corrected chi connectivity index (χ2v) is 3.74. The van der Waals surface area contributed by atoms with Gasteiger partial charge in [0, 0.05) is 0 Å². The second-order valence-electron chi connectivity index (χ2n) is 3.74. The third-order valence-corrected chi connectivity index (χ3v) is 1.57. The summed E-state index contributed by atoms with van der Waals surface area (Å²) in [5.41, 5.74) is 4.94. The van der Waals surface area contributed by atoms with Crippen LogP contribution in [0.1, 0.15) is 34.1 Å². The normalized spacial score (nSPS) is 14.6. The third-order valence-electron chi connectivity index (χ3n) is 1.57. The van der Waals surface area contributed by atoms with Gasteiger partial charge in [-0.3, -0.25) is 4.79 Å². The van der Waals surface area contributed by atoms with Gasteiger partial charge in [-0.2, -0.15) is 0 Å². The summed E-state index contributed by atoms with van der Waals surface area (Å²) in [6.07, 6.45) is 0.659. The number of carbonyl (C=O) groups excluding carboxylic acids is 1. The lowest BCUT2D eigenvalue weighted by Crippen LogP contribution is -2.47. The smallest absolute Gasteiger partial charge is 0.325 e. The largest absolute Gasteiger partial charge is 0.465 e. The van der Waals surface area contributed by atoms with Crippen molar-refractivity contribution >= 4 is 18.4 Å². The summed E-state index contributed by atoms with van der Waals surface area (Å²) >= 11 is 0. The first-order valence-electron chi connectivity index (χ1n) is 4.36. The maximum Gasteiger partial charge on any atom is 0.325 e. The van der Waals surface area contributed by atoms with E-state index < -0.39 is 5.54 Å². The molecule has 0 fully saturated rings. The minimum absolute atomic E-state index is 0. The molecule has 0 aliphatic rings. The number of halogens is 1. The average Bonchev–Trinajstić information content (AvgIpc) is 1.85. The molecule has 0 aromatic heterocycles. The first-order chi connectivity index (χ1) is 5.40. The van der Waals surface area contributed by atoms with Gasteiger partial charge in [-0.15, -0.1) is 12.4 Å². The van der Waals surface area contributed by atoms with Crippen molar-refractivity contribution in [3.63, 3.8) is 0 Å². The van der Waals surface area contributed by atoms with Crippen LogP contribution in [0.3, 0.4) is 0 Å². The molecule has 0 aromatic carbocycles. The molecule has 0 aliphatic carbocycles. The van der Waals surface area contributed by atoms with Crippen LogP contribution in [0.25, 0.3) is 0 Å². The first-order valence-corrected chi connectivity index (χ1v) is 4.36. The predicted octanol–water partition coefficient (Wildman–Crippen LogP) is 1.73. The molecule has 3 nitrogen and oxygen atoms in total. The van der Waals surface area contributed by atoms with Crippen LogP contribution in [-0.4, -0.2) is 18.1 Å². The highest BCUT2D eigenvalue weighted by molar-refractivity contribution is 5.85. The molecule has 0 amide bonds. The zero-order valence-electron chi connectivity index (χ0n) is 8.79. The summed E-state index contributed by atoms with van der Waals surface area (Å²) in [6.45, 7) is 7.95. The maximum absolute atomic E-state index is 11.3. The number of nitrogens with two attached hydrogens (primary N) is 1. The summed E-state index contributed by atoms with van der Waals surface area (Å²) < 4.78 is 4.84. The fourth-order valence-corrected chi connectivity index (χ4v) is 1.23. The van der Waals surface area contributed by atoms with Crippen LogP contribution in [0.4, 0.5) is 0 Å². The lowest BCUT2D eigenvalue weighted by Gasteiger charge is -2.23. The topological polar surface area (TPSA) is 52.3 Å². The molecule has 0 saturated carbocycles. The Morgan fingerprint density at radius 3 is 2.31 bits per heavy atom. The Labute approximate surface area is 86.4 Å². The summed E-state index contributed by atoms with van der Waals surface area (Å²) in [5.74, 6) is 0.100. The van der Waals surface area contributed by atoms with Crippen LogP contribution in [-0.2, 0) is 9.53 Å². The molecule has 0 radical (unpaired) electrons. The molecule has 2 N–H and O–H groups in total. The Morgan fingerprint density at radius 2 is 2.00 bits per heavy atom. The Bertz CT molecular complexity index is 158. The fourth-order valence-electron chi connectivity index (χ4n) is 1.23. The Morgan fingerprint density at radius 1 is 1.54 bits per heavy atom. The second kappa shape index (κ2) is 6.22. The van der Waals surface area contributed by atoms with Gasteiger partial charge in [0.2, 0.25) is 0 Å². The monoisotopic (exact) mass is 209 g/mol. The molecule has 0 rings (SSSR count). The van der Waals surface area contributed by atoms with E-state index in [1.165, 1.54) is 0 Å². The van der Waals surface area contributed by atoms with Crippen LogP contribution >= 0.6 is 12.4 Å². The van der Waals surface area contributed by atoms with Crippen molar-refractivity contribution in [1.29, 1.82) is 0 Å². The molecule has 0 heterocycles. The summed E-state index contributed by atoms with van der Waals surface area (Å²) in [5, 5.41) is 0. The fraction of sp³-hybridized carbons (Fsp3) is 0.889. The van der Waals surface area contributed by atoms with Gasteiger partial charge in [0.25, 0.3) is 0 Å². The van der Waals surface area contributed by atoms with Gasteiger partial charge in [-0.05, 0) is 26.2 Å². The van der Waals surface area contributed by atoms with E-state index in [1.807, 2.05) is 13.8 Å². The number of rotatable bonds is 4. The van der Waals surface area contributed by atoms with Crippen molar-refractivity contribution in [2.24, 2.45) is 11.7 Å². The summed E-state index contributed by atoms with van der Waals surface area (Å²) in [6, 6.07) is 0. The lowest BCUT2D eigenvalue weighted by molar-refractivity contribution is -0.149. The number of esters is 1. The molecule has 4 heteroatoms. The zero-order chi connectivity index (χ0) is 9.78. The maximum atomic E-state index is 11.3. The third kappa shape index (κ3) is 5.88. The van der Waals surface area contributed by atoms with Gasteiger partial charge < -0.3 is 10.5 Å². The van der Waals surface area contributed by atoms with E-state index >= 15 is 0 Å². The van der Waals surface area contributed by atoms with Crippen LogP contribution in [0.2, 0.25) is 0 Å². The van der Waals surface area contributed by atoms with Crippen molar-refractivity contribution in [1.82, 2.24) is 0 Å². The highest BCUT2D eigenvalue weighted by atomic mass is 35.5. The quantitative estimate of drug-likeness (QED) is 0.718. The molecule has 0 spiro atoms. The molecule has 0 unspecified atom stereocenters. The average molecular weight is 210 g/mol. The minimum atomic E-state index is -0.829. The highest BCUT2D eigenvalue weighted by Crippen LogP contribution is 2.14. The van der Waals surface area contributed by atoms with Gasteiger partial charge in [0.05, 0.1) is 6.61 Å². The van der Waals surface area contributed by atoms with E-state index in [-0.39, 0.29) is 18.4 Å². The molecule has 0 aliphatic heterocycles. The molecule has 13 heavy (non-hydrogen) atoms. The number of hydrogen-bond acceptors (Lipinski definition) is 3. The van der Waals surface area contributed by atoms with Crippen LogP contribution in [0, 0.1) is 5.92 Å². The molecule has 0 aromatic rings. The lowest BCUT2D eigenvalue weighted by atomic mass is 9.92. The first kappa shape index (κ1) is 15.2. The van der Waals surface area contributed by atoms with Gasteiger partial charge in [-0.1, -0.05) is 13.8 Å². The molecular weight excluding hydrogens is 190 g/mol. The standard InChI is InChI=1S/C9H19NO2.ClH/c1-5-12-8(11)9(4,10)6-7(2)3;/h7H,5-6,10H2,1-4H3;1H/t9-;/m1./s1. The zero-order valence-corrected chi connectivity index (χ0v) is 9.61. The molecular formula is C9H20ClNO2. The minimum Gasteiger partial charge on any atom is -0.465 e. The van der Waals surface area contributed by atoms with Gasteiger partial charge in [0.1, 0.15) is 5.54 Å². The SMILES string of the molecule is CCOC(=O)[C@](C)(N)CC(C)C.Cl. The van der Waals surface area contributed by atoms with E-state index in [0.717, 1.165) is 0 Å². The van der Waals surface area contributed by atoms with E-state index in [2.05, 4.69) is 0 Å². The van der Waals surface area contributed by atoms with Crippen molar-refractivity contribution in [3.05, 3.63) is 0 Å². The van der Waals surface area contributed by atoms with Crippen LogP contribution < -0.4 is 5.73 Å². The van der Waals surface area contributed by atoms with Gasteiger partial charge in [-0.25, -0.2) is 0 Å².